The van der Waals surface area contributed by atoms with Gasteiger partial charge in [-0.3, -0.25) is 0 Å². The Morgan fingerprint density at radius 1 is 1.00 bits per heavy atom. The van der Waals surface area contributed by atoms with Gasteiger partial charge in [0.1, 0.15) is 0 Å². The van der Waals surface area contributed by atoms with Crippen LogP contribution in [0.1, 0.15) is 25.7 Å². The molecular formula is C8H16F3NSi. The molecular weight excluding hydrogens is 195 g/mol. The summed E-state index contributed by atoms with van der Waals surface area (Å²) in [5.41, 5.74) is 0. The molecule has 0 atom stereocenters. The maximum absolute atomic E-state index is 11.9. The molecule has 5 heteroatoms. The first kappa shape index (κ1) is 11.0. The van der Waals surface area contributed by atoms with E-state index >= 15 is 0 Å². The van der Waals surface area contributed by atoms with Gasteiger partial charge in [0.15, 0.2) is 0 Å². The summed E-state index contributed by atoms with van der Waals surface area (Å²) in [6.07, 6.45) is 3.87. The topological polar surface area (TPSA) is 3.24 Å². The van der Waals surface area contributed by atoms with Crippen LogP contribution in [0.2, 0.25) is 6.04 Å². The minimum atomic E-state index is -5.27. The highest BCUT2D eigenvalue weighted by Crippen LogP contribution is 2.18. The van der Waals surface area contributed by atoms with Gasteiger partial charge in [0.05, 0.1) is 0 Å². The minimum Gasteiger partial charge on any atom is -0.303 e. The molecule has 1 heterocycles. The quantitative estimate of drug-likeness (QED) is 0.510. The maximum Gasteiger partial charge on any atom is 0.616 e. The van der Waals surface area contributed by atoms with Crippen molar-refractivity contribution in [1.29, 1.82) is 0 Å². The van der Waals surface area contributed by atoms with Crippen molar-refractivity contribution >= 4 is 9.08 Å². The highest BCUT2D eigenvalue weighted by atomic mass is 28.5. The van der Waals surface area contributed by atoms with Crippen LogP contribution in [-0.2, 0) is 0 Å². The second-order valence-electron chi connectivity index (χ2n) is 3.62. The number of hydrogen-bond donors (Lipinski definition) is 0. The van der Waals surface area contributed by atoms with Crippen molar-refractivity contribution in [3.63, 3.8) is 0 Å². The lowest BCUT2D eigenvalue weighted by atomic mass is 10.1. The van der Waals surface area contributed by atoms with Crippen LogP contribution in [0.5, 0.6) is 0 Å². The zero-order valence-electron chi connectivity index (χ0n) is 7.74. The van der Waals surface area contributed by atoms with Crippen molar-refractivity contribution in [1.82, 2.24) is 4.90 Å². The van der Waals surface area contributed by atoms with Crippen LogP contribution in [0, 0.1) is 0 Å². The van der Waals surface area contributed by atoms with Crippen LogP contribution in [0.25, 0.3) is 0 Å². The van der Waals surface area contributed by atoms with Crippen LogP contribution < -0.4 is 0 Å². The Labute approximate surface area is 78.4 Å². The zero-order valence-corrected chi connectivity index (χ0v) is 8.74. The van der Waals surface area contributed by atoms with E-state index in [1.54, 1.807) is 0 Å². The van der Waals surface area contributed by atoms with Crippen molar-refractivity contribution in [3.8, 4) is 0 Å². The summed E-state index contributed by atoms with van der Waals surface area (Å²) in [4.78, 5) is 2.16. The van der Waals surface area contributed by atoms with Gasteiger partial charge < -0.3 is 4.90 Å². The zero-order chi connectivity index (χ0) is 9.73. The lowest BCUT2D eigenvalue weighted by Gasteiger charge is -2.26. The van der Waals surface area contributed by atoms with Gasteiger partial charge in [-0.1, -0.05) is 6.42 Å². The van der Waals surface area contributed by atoms with Crippen LogP contribution in [0.3, 0.4) is 0 Å². The van der Waals surface area contributed by atoms with Crippen molar-refractivity contribution in [2.75, 3.05) is 19.6 Å². The van der Waals surface area contributed by atoms with Gasteiger partial charge in [0.2, 0.25) is 0 Å². The Balaban J connectivity index is 2.04. The first-order valence-corrected chi connectivity index (χ1v) is 6.71. The summed E-state index contributed by atoms with van der Waals surface area (Å²) < 4.78 is 35.8. The second kappa shape index (κ2) is 5.00. The number of rotatable bonds is 4. The van der Waals surface area contributed by atoms with Crippen LogP contribution in [0.15, 0.2) is 0 Å². The molecule has 78 valence electrons. The lowest BCUT2D eigenvalue weighted by molar-refractivity contribution is 0.227. The molecule has 1 rings (SSSR count). The molecule has 0 aromatic carbocycles. The highest BCUT2D eigenvalue weighted by Gasteiger charge is 2.35. The number of halogens is 3. The third kappa shape index (κ3) is 5.31. The highest BCUT2D eigenvalue weighted by molar-refractivity contribution is 6.58. The molecule has 1 aliphatic rings. The third-order valence-corrected chi connectivity index (χ3v) is 3.30. The third-order valence-electron chi connectivity index (χ3n) is 2.38. The predicted octanol–water partition coefficient (Wildman–Crippen LogP) is 2.71. The summed E-state index contributed by atoms with van der Waals surface area (Å²) in [6, 6.07) is -0.497. The maximum atomic E-state index is 11.9. The molecule has 1 saturated heterocycles. The average molecular weight is 211 g/mol. The monoisotopic (exact) mass is 211 g/mol. The van der Waals surface area contributed by atoms with Gasteiger partial charge in [0, 0.05) is 6.04 Å². The molecule has 0 aromatic rings. The molecule has 0 spiro atoms. The molecule has 0 radical (unpaired) electrons. The average Bonchev–Trinajstić information content (AvgIpc) is 2.04. The van der Waals surface area contributed by atoms with Crippen molar-refractivity contribution in [2.45, 2.75) is 31.7 Å². The van der Waals surface area contributed by atoms with Crippen molar-refractivity contribution < 1.29 is 12.3 Å². The Morgan fingerprint density at radius 2 is 1.62 bits per heavy atom. The van der Waals surface area contributed by atoms with E-state index in [1.165, 1.54) is 6.42 Å². The smallest absolute Gasteiger partial charge is 0.303 e. The van der Waals surface area contributed by atoms with E-state index < -0.39 is 15.1 Å². The molecule has 0 N–H and O–H groups in total. The fourth-order valence-corrected chi connectivity index (χ4v) is 2.25. The minimum absolute atomic E-state index is 0.315. The largest absolute Gasteiger partial charge is 0.616 e. The Morgan fingerprint density at radius 3 is 2.15 bits per heavy atom. The van der Waals surface area contributed by atoms with Gasteiger partial charge >= 0.3 is 9.08 Å². The molecule has 0 aliphatic carbocycles. The standard InChI is InChI=1S/C8H16F3NSi/c9-13(10,11)8-4-7-12-5-2-1-3-6-12/h1-8H2. The van der Waals surface area contributed by atoms with E-state index in [4.69, 9.17) is 0 Å². The summed E-state index contributed by atoms with van der Waals surface area (Å²) in [7, 11) is -5.27. The number of piperidine rings is 1. The molecule has 0 bridgehead atoms. The predicted molar refractivity (Wildman–Crippen MR) is 48.8 cm³/mol. The Hall–Kier alpha value is -0.0331. The Bertz CT molecular complexity index is 143. The molecule has 13 heavy (non-hydrogen) atoms. The normalized spacial score (nSPS) is 20.5. The van der Waals surface area contributed by atoms with E-state index in [0.717, 1.165) is 25.9 Å². The first-order chi connectivity index (χ1) is 6.08. The van der Waals surface area contributed by atoms with Gasteiger partial charge in [-0.05, 0) is 38.9 Å². The second-order valence-corrected chi connectivity index (χ2v) is 5.35. The van der Waals surface area contributed by atoms with Gasteiger partial charge in [-0.15, -0.1) is 0 Å². The summed E-state index contributed by atoms with van der Waals surface area (Å²) in [5.74, 6) is 0. The fraction of sp³-hybridized carbons (Fsp3) is 1.00. The van der Waals surface area contributed by atoms with E-state index in [1.807, 2.05) is 0 Å². The lowest BCUT2D eigenvalue weighted by Crippen LogP contribution is -2.31. The molecule has 0 amide bonds. The van der Waals surface area contributed by atoms with E-state index in [9.17, 15) is 12.3 Å². The van der Waals surface area contributed by atoms with Crippen LogP contribution >= 0.6 is 0 Å². The SMILES string of the molecule is F[Si](F)(F)CCCN1CCCCC1. The fourth-order valence-electron chi connectivity index (χ4n) is 1.69. The molecule has 0 aromatic heterocycles. The van der Waals surface area contributed by atoms with Crippen LogP contribution in [0.4, 0.5) is 12.3 Å². The molecule has 1 nitrogen and oxygen atoms in total. The van der Waals surface area contributed by atoms with Crippen molar-refractivity contribution in [3.05, 3.63) is 0 Å². The molecule has 1 fully saturated rings. The number of likely N-dealkylation sites (tertiary alicyclic amines) is 1. The number of hydrogen-bond acceptors (Lipinski definition) is 1. The van der Waals surface area contributed by atoms with Crippen molar-refractivity contribution in [2.24, 2.45) is 0 Å². The van der Waals surface area contributed by atoms with E-state index in [-0.39, 0.29) is 0 Å². The van der Waals surface area contributed by atoms with Gasteiger partial charge in [-0.2, -0.15) is 0 Å². The molecule has 1 aliphatic heterocycles. The molecule has 0 saturated carbocycles. The number of nitrogens with zero attached hydrogens (tertiary/aromatic N) is 1. The van der Waals surface area contributed by atoms with Gasteiger partial charge in [-0.25, -0.2) is 12.3 Å². The molecule has 0 unspecified atom stereocenters. The first-order valence-electron chi connectivity index (χ1n) is 4.87. The van der Waals surface area contributed by atoms with Gasteiger partial charge in [0.25, 0.3) is 0 Å². The van der Waals surface area contributed by atoms with Crippen LogP contribution in [-0.4, -0.2) is 33.6 Å². The summed E-state index contributed by atoms with van der Waals surface area (Å²) >= 11 is 0. The van der Waals surface area contributed by atoms with E-state index in [0.29, 0.717) is 13.0 Å². The Kier molecular flexibility index (Phi) is 4.25. The van der Waals surface area contributed by atoms with E-state index in [2.05, 4.69) is 4.90 Å². The summed E-state index contributed by atoms with van der Waals surface area (Å²) in [5, 5.41) is 0. The summed E-state index contributed by atoms with van der Waals surface area (Å²) in [6.45, 7) is 2.64.